The lowest BCUT2D eigenvalue weighted by Gasteiger charge is -2.11. The van der Waals surface area contributed by atoms with Crippen LogP contribution in [0.25, 0.3) is 0 Å². The quantitative estimate of drug-likeness (QED) is 0.694. The van der Waals surface area contributed by atoms with Crippen LogP contribution in [0.4, 0.5) is 0 Å². The predicted octanol–water partition coefficient (Wildman–Crippen LogP) is 0.869. The van der Waals surface area contributed by atoms with Crippen LogP contribution in [-0.4, -0.2) is 32.1 Å². The number of carbonyl (C=O) groups is 1. The Hall–Kier alpha value is -2.16. The number of aliphatic hydroxyl groups is 1. The van der Waals surface area contributed by atoms with Crippen LogP contribution in [-0.2, 0) is 16.6 Å². The number of sulfonamides is 1. The fraction of sp³-hybridized carbons (Fsp3) is 0.267. The van der Waals surface area contributed by atoms with E-state index in [2.05, 4.69) is 10.0 Å². The maximum absolute atomic E-state index is 12.1. The Morgan fingerprint density at radius 1 is 1.26 bits per heavy atom. The van der Waals surface area contributed by atoms with Crippen molar-refractivity contribution < 1.29 is 22.7 Å². The molecule has 1 atom stereocenters. The van der Waals surface area contributed by atoms with Crippen LogP contribution < -0.4 is 10.0 Å². The van der Waals surface area contributed by atoms with Gasteiger partial charge in [0.1, 0.15) is 5.76 Å². The molecular formula is C15H18N2O5S. The van der Waals surface area contributed by atoms with Gasteiger partial charge in [0.15, 0.2) is 0 Å². The smallest absolute Gasteiger partial charge is 0.251 e. The summed E-state index contributed by atoms with van der Waals surface area (Å²) < 4.78 is 31.8. The van der Waals surface area contributed by atoms with Gasteiger partial charge in [-0.25, -0.2) is 13.1 Å². The molecule has 124 valence electrons. The molecule has 0 aliphatic heterocycles. The van der Waals surface area contributed by atoms with Crippen molar-refractivity contribution in [3.63, 3.8) is 0 Å². The number of carbonyl (C=O) groups excluding carboxylic acids is 1. The first-order valence-electron chi connectivity index (χ1n) is 6.96. The summed E-state index contributed by atoms with van der Waals surface area (Å²) >= 11 is 0. The molecule has 7 nitrogen and oxygen atoms in total. The summed E-state index contributed by atoms with van der Waals surface area (Å²) in [5, 5.41) is 11.5. The maximum Gasteiger partial charge on any atom is 0.251 e. The summed E-state index contributed by atoms with van der Waals surface area (Å²) in [6.45, 7) is 1.54. The molecule has 1 amide bonds. The third kappa shape index (κ3) is 4.65. The second-order valence-electron chi connectivity index (χ2n) is 4.99. The third-order valence-corrected chi connectivity index (χ3v) is 4.51. The highest BCUT2D eigenvalue weighted by Crippen LogP contribution is 2.12. The van der Waals surface area contributed by atoms with Crippen molar-refractivity contribution in [2.75, 3.05) is 6.61 Å². The van der Waals surface area contributed by atoms with Crippen LogP contribution in [0.15, 0.2) is 52.0 Å². The van der Waals surface area contributed by atoms with Crippen molar-refractivity contribution in [2.24, 2.45) is 0 Å². The number of benzene rings is 1. The van der Waals surface area contributed by atoms with Crippen LogP contribution in [0, 0.1) is 0 Å². The van der Waals surface area contributed by atoms with Gasteiger partial charge in [-0.05, 0) is 43.3 Å². The molecule has 0 bridgehead atoms. The Morgan fingerprint density at radius 3 is 2.52 bits per heavy atom. The normalized spacial score (nSPS) is 12.8. The average molecular weight is 338 g/mol. The molecule has 8 heteroatoms. The van der Waals surface area contributed by atoms with Gasteiger partial charge in [0, 0.05) is 11.6 Å². The highest BCUT2D eigenvalue weighted by atomic mass is 32.2. The van der Waals surface area contributed by atoms with Crippen molar-refractivity contribution in [1.29, 1.82) is 0 Å². The summed E-state index contributed by atoms with van der Waals surface area (Å²) in [7, 11) is -3.69. The molecular weight excluding hydrogens is 320 g/mol. The van der Waals surface area contributed by atoms with Gasteiger partial charge >= 0.3 is 0 Å². The van der Waals surface area contributed by atoms with Crippen LogP contribution >= 0.6 is 0 Å². The molecule has 1 aromatic heterocycles. The fourth-order valence-corrected chi connectivity index (χ4v) is 2.79. The zero-order valence-electron chi connectivity index (χ0n) is 12.5. The van der Waals surface area contributed by atoms with E-state index in [4.69, 9.17) is 9.52 Å². The third-order valence-electron chi connectivity index (χ3n) is 3.09. The Balaban J connectivity index is 2.04. The van der Waals surface area contributed by atoms with Crippen molar-refractivity contribution in [2.45, 2.75) is 24.4 Å². The summed E-state index contributed by atoms with van der Waals surface area (Å²) in [6.07, 6.45) is 1.46. The van der Waals surface area contributed by atoms with Crippen LogP contribution in [0.1, 0.15) is 23.0 Å². The highest BCUT2D eigenvalue weighted by molar-refractivity contribution is 7.89. The SMILES string of the molecule is CC(CO)NC(=O)c1ccc(S(=O)(=O)NCc2ccco2)cc1. The highest BCUT2D eigenvalue weighted by Gasteiger charge is 2.16. The minimum atomic E-state index is -3.69. The Morgan fingerprint density at radius 2 is 1.96 bits per heavy atom. The Bertz CT molecular complexity index is 739. The molecule has 23 heavy (non-hydrogen) atoms. The van der Waals surface area contributed by atoms with E-state index in [1.165, 1.54) is 30.5 Å². The molecule has 0 spiro atoms. The van der Waals surface area contributed by atoms with E-state index in [1.807, 2.05) is 0 Å². The lowest BCUT2D eigenvalue weighted by atomic mass is 10.2. The van der Waals surface area contributed by atoms with E-state index in [9.17, 15) is 13.2 Å². The Labute approximate surface area is 134 Å². The van der Waals surface area contributed by atoms with Gasteiger partial charge in [-0.15, -0.1) is 0 Å². The summed E-state index contributed by atoms with van der Waals surface area (Å²) in [6, 6.07) is 8.50. The summed E-state index contributed by atoms with van der Waals surface area (Å²) in [5.41, 5.74) is 0.315. The molecule has 0 aliphatic carbocycles. The fourth-order valence-electron chi connectivity index (χ4n) is 1.80. The monoisotopic (exact) mass is 338 g/mol. The average Bonchev–Trinajstić information content (AvgIpc) is 3.06. The molecule has 1 aromatic carbocycles. The van der Waals surface area contributed by atoms with Crippen LogP contribution in [0.3, 0.4) is 0 Å². The first-order valence-corrected chi connectivity index (χ1v) is 8.44. The number of amides is 1. The van der Waals surface area contributed by atoms with Crippen LogP contribution in [0.5, 0.6) is 0 Å². The van der Waals surface area contributed by atoms with Gasteiger partial charge < -0.3 is 14.8 Å². The molecule has 0 saturated heterocycles. The molecule has 0 saturated carbocycles. The minimum Gasteiger partial charge on any atom is -0.468 e. The Kier molecular flexibility index (Phi) is 5.54. The van der Waals surface area contributed by atoms with Crippen molar-refractivity contribution in [3.8, 4) is 0 Å². The predicted molar refractivity (Wildman–Crippen MR) is 83.2 cm³/mol. The van der Waals surface area contributed by atoms with Crippen molar-refractivity contribution in [1.82, 2.24) is 10.0 Å². The van der Waals surface area contributed by atoms with E-state index in [1.54, 1.807) is 19.1 Å². The van der Waals surface area contributed by atoms with Gasteiger partial charge in [0.2, 0.25) is 10.0 Å². The first-order chi connectivity index (χ1) is 10.9. The number of nitrogens with one attached hydrogen (secondary N) is 2. The number of furan rings is 1. The molecule has 1 unspecified atom stereocenters. The number of hydrogen-bond acceptors (Lipinski definition) is 5. The molecule has 0 radical (unpaired) electrons. The van der Waals surface area contributed by atoms with Gasteiger partial charge in [-0.3, -0.25) is 4.79 Å². The van der Waals surface area contributed by atoms with Crippen LogP contribution in [0.2, 0.25) is 0 Å². The van der Waals surface area contributed by atoms with Gasteiger partial charge in [-0.1, -0.05) is 0 Å². The zero-order chi connectivity index (χ0) is 16.9. The van der Waals surface area contributed by atoms with Gasteiger partial charge in [0.05, 0.1) is 24.3 Å². The van der Waals surface area contributed by atoms with Crippen molar-refractivity contribution in [3.05, 3.63) is 54.0 Å². The number of aliphatic hydroxyl groups excluding tert-OH is 1. The second-order valence-corrected chi connectivity index (χ2v) is 6.75. The largest absolute Gasteiger partial charge is 0.468 e. The van der Waals surface area contributed by atoms with Crippen molar-refractivity contribution >= 4 is 15.9 Å². The second kappa shape index (κ2) is 7.40. The molecule has 0 fully saturated rings. The summed E-state index contributed by atoms with van der Waals surface area (Å²) in [5.74, 6) is 0.126. The topological polar surface area (TPSA) is 109 Å². The lowest BCUT2D eigenvalue weighted by molar-refractivity contribution is 0.0922. The van der Waals surface area contributed by atoms with Gasteiger partial charge in [0.25, 0.3) is 5.91 Å². The summed E-state index contributed by atoms with van der Waals surface area (Å²) in [4.78, 5) is 11.9. The molecule has 2 aromatic rings. The number of rotatable bonds is 7. The standard InChI is InChI=1S/C15H18N2O5S/c1-11(10-18)17-15(19)12-4-6-14(7-5-12)23(20,21)16-9-13-3-2-8-22-13/h2-8,11,16,18H,9-10H2,1H3,(H,17,19). The van der Waals surface area contributed by atoms with Gasteiger partial charge in [-0.2, -0.15) is 0 Å². The van der Waals surface area contributed by atoms with E-state index in [0.29, 0.717) is 11.3 Å². The van der Waals surface area contributed by atoms with E-state index in [0.717, 1.165) is 0 Å². The lowest BCUT2D eigenvalue weighted by Crippen LogP contribution is -2.35. The first kappa shape index (κ1) is 17.2. The minimum absolute atomic E-state index is 0.0472. The molecule has 1 heterocycles. The van der Waals surface area contributed by atoms with E-state index < -0.39 is 10.0 Å². The molecule has 3 N–H and O–H groups in total. The van der Waals surface area contributed by atoms with E-state index >= 15 is 0 Å². The molecule has 0 aliphatic rings. The maximum atomic E-state index is 12.1. The van der Waals surface area contributed by atoms with E-state index in [-0.39, 0.29) is 30.0 Å². The number of hydrogen-bond donors (Lipinski definition) is 3. The zero-order valence-corrected chi connectivity index (χ0v) is 13.3. The molecule has 2 rings (SSSR count).